The molecule has 110 valence electrons. The number of carbonyl (C=O) groups is 1. The molecule has 20 heavy (non-hydrogen) atoms. The highest BCUT2D eigenvalue weighted by atomic mass is 35.5. The minimum Gasteiger partial charge on any atom is -0.482 e. The third-order valence-corrected chi connectivity index (χ3v) is 3.83. The van der Waals surface area contributed by atoms with Crippen LogP contribution in [0.5, 0.6) is 5.75 Å². The van der Waals surface area contributed by atoms with Gasteiger partial charge in [-0.05, 0) is 37.5 Å². The molecule has 1 saturated carbocycles. The smallest absolute Gasteiger partial charge is 0.258 e. The minimum atomic E-state index is -0.449. The second-order valence-electron chi connectivity index (χ2n) is 5.25. The van der Waals surface area contributed by atoms with E-state index in [4.69, 9.17) is 16.3 Å². The Labute approximate surface area is 124 Å². The van der Waals surface area contributed by atoms with E-state index >= 15 is 0 Å². The Bertz CT molecular complexity index is 478. The van der Waals surface area contributed by atoms with E-state index in [0.717, 1.165) is 31.2 Å². The van der Waals surface area contributed by atoms with E-state index in [2.05, 4.69) is 5.32 Å². The van der Waals surface area contributed by atoms with E-state index in [1.165, 1.54) is 0 Å². The molecular weight excluding hydrogens is 278 g/mol. The van der Waals surface area contributed by atoms with Gasteiger partial charge in [0.15, 0.2) is 6.61 Å². The van der Waals surface area contributed by atoms with Crippen molar-refractivity contribution in [2.75, 3.05) is 6.61 Å². The lowest BCUT2D eigenvalue weighted by Crippen LogP contribution is -2.46. The van der Waals surface area contributed by atoms with E-state index in [1.54, 1.807) is 12.1 Å². The van der Waals surface area contributed by atoms with E-state index in [0.29, 0.717) is 10.8 Å². The van der Waals surface area contributed by atoms with E-state index in [-0.39, 0.29) is 18.6 Å². The monoisotopic (exact) mass is 297 g/mol. The van der Waals surface area contributed by atoms with Gasteiger partial charge in [0.1, 0.15) is 5.75 Å². The predicted octanol–water partition coefficient (Wildman–Crippen LogP) is 2.45. The van der Waals surface area contributed by atoms with Crippen LogP contribution in [0.3, 0.4) is 0 Å². The van der Waals surface area contributed by atoms with Crippen LogP contribution < -0.4 is 10.1 Å². The van der Waals surface area contributed by atoms with Gasteiger partial charge in [-0.3, -0.25) is 4.79 Å². The molecule has 1 amide bonds. The lowest BCUT2D eigenvalue weighted by atomic mass is 9.92. The van der Waals surface area contributed by atoms with Crippen LogP contribution in [0.1, 0.15) is 31.2 Å². The van der Waals surface area contributed by atoms with Gasteiger partial charge >= 0.3 is 0 Å². The molecule has 5 heteroatoms. The highest BCUT2D eigenvalue weighted by Crippen LogP contribution is 2.25. The molecule has 0 aliphatic heterocycles. The Morgan fingerprint density at radius 2 is 2.20 bits per heavy atom. The second-order valence-corrected chi connectivity index (χ2v) is 5.66. The molecule has 1 aromatic rings. The Morgan fingerprint density at radius 3 is 2.95 bits per heavy atom. The number of rotatable bonds is 4. The number of nitrogens with one attached hydrogen (secondary N) is 1. The van der Waals surface area contributed by atoms with Crippen molar-refractivity contribution in [1.29, 1.82) is 0 Å². The summed E-state index contributed by atoms with van der Waals surface area (Å²) in [7, 11) is 0. The van der Waals surface area contributed by atoms with Crippen molar-refractivity contribution in [2.45, 2.75) is 44.8 Å². The third-order valence-electron chi connectivity index (χ3n) is 3.52. The maximum atomic E-state index is 11.8. The van der Waals surface area contributed by atoms with Gasteiger partial charge in [-0.1, -0.05) is 30.5 Å². The number of hydrogen-bond acceptors (Lipinski definition) is 3. The number of ether oxygens (including phenoxy) is 1. The van der Waals surface area contributed by atoms with E-state index in [1.807, 2.05) is 13.0 Å². The summed E-state index contributed by atoms with van der Waals surface area (Å²) < 4.78 is 5.43. The number of halogens is 1. The lowest BCUT2D eigenvalue weighted by Gasteiger charge is -2.28. The molecule has 2 atom stereocenters. The van der Waals surface area contributed by atoms with Crippen molar-refractivity contribution in [3.8, 4) is 5.75 Å². The molecule has 0 heterocycles. The van der Waals surface area contributed by atoms with E-state index < -0.39 is 6.10 Å². The zero-order chi connectivity index (χ0) is 14.5. The molecule has 1 aromatic carbocycles. The molecule has 0 unspecified atom stereocenters. The van der Waals surface area contributed by atoms with Crippen LogP contribution in [-0.2, 0) is 4.79 Å². The number of aliphatic hydroxyl groups excluding tert-OH is 1. The number of hydrogen-bond donors (Lipinski definition) is 2. The van der Waals surface area contributed by atoms with Crippen molar-refractivity contribution in [3.05, 3.63) is 28.8 Å². The molecule has 0 aromatic heterocycles. The summed E-state index contributed by atoms with van der Waals surface area (Å²) in [6.45, 7) is 1.84. The zero-order valence-electron chi connectivity index (χ0n) is 11.6. The van der Waals surface area contributed by atoms with Crippen molar-refractivity contribution < 1.29 is 14.6 Å². The van der Waals surface area contributed by atoms with Crippen molar-refractivity contribution in [1.82, 2.24) is 5.32 Å². The summed E-state index contributed by atoms with van der Waals surface area (Å²) in [6.07, 6.45) is 3.17. The molecular formula is C15H20ClNO3. The normalized spacial score (nSPS) is 22.4. The Morgan fingerprint density at radius 1 is 1.45 bits per heavy atom. The van der Waals surface area contributed by atoms with Gasteiger partial charge in [-0.2, -0.15) is 0 Å². The fourth-order valence-electron chi connectivity index (χ4n) is 2.39. The van der Waals surface area contributed by atoms with Crippen LogP contribution in [-0.4, -0.2) is 29.8 Å². The maximum Gasteiger partial charge on any atom is 0.258 e. The summed E-state index contributed by atoms with van der Waals surface area (Å²) >= 11 is 6.00. The largest absolute Gasteiger partial charge is 0.482 e. The molecule has 1 fully saturated rings. The highest BCUT2D eigenvalue weighted by molar-refractivity contribution is 6.32. The van der Waals surface area contributed by atoms with Gasteiger partial charge in [0.05, 0.1) is 17.2 Å². The lowest BCUT2D eigenvalue weighted by molar-refractivity contribution is -0.125. The van der Waals surface area contributed by atoms with Crippen LogP contribution in [0, 0.1) is 6.92 Å². The van der Waals surface area contributed by atoms with Crippen LogP contribution in [0.2, 0.25) is 5.02 Å². The average Bonchev–Trinajstić information content (AvgIpc) is 2.42. The van der Waals surface area contributed by atoms with E-state index in [9.17, 15) is 9.90 Å². The maximum absolute atomic E-state index is 11.8. The Kier molecular flexibility index (Phi) is 5.26. The first kappa shape index (κ1) is 15.1. The predicted molar refractivity (Wildman–Crippen MR) is 78.1 cm³/mol. The quantitative estimate of drug-likeness (QED) is 0.897. The summed E-state index contributed by atoms with van der Waals surface area (Å²) in [5, 5.41) is 13.1. The van der Waals surface area contributed by atoms with Gasteiger partial charge in [0.2, 0.25) is 0 Å². The topological polar surface area (TPSA) is 58.6 Å². The SMILES string of the molecule is Cc1ccc(Cl)c(OCC(=O)N[C@H]2CCCC[C@@H]2O)c1. The third kappa shape index (κ3) is 4.12. The van der Waals surface area contributed by atoms with Gasteiger partial charge in [-0.25, -0.2) is 0 Å². The Balaban J connectivity index is 1.84. The Hall–Kier alpha value is -1.26. The van der Waals surface area contributed by atoms with Crippen LogP contribution in [0.25, 0.3) is 0 Å². The van der Waals surface area contributed by atoms with Gasteiger partial charge < -0.3 is 15.2 Å². The standard InChI is InChI=1S/C15H20ClNO3/c1-10-6-7-11(16)14(8-10)20-9-15(19)17-12-4-2-3-5-13(12)18/h6-8,12-13,18H,2-5,9H2,1H3,(H,17,19)/t12-,13-/m0/s1. The van der Waals surface area contributed by atoms with Crippen LogP contribution in [0.4, 0.5) is 0 Å². The number of benzene rings is 1. The summed E-state index contributed by atoms with van der Waals surface area (Å²) in [4.78, 5) is 11.8. The second kappa shape index (κ2) is 6.95. The number of amides is 1. The highest BCUT2D eigenvalue weighted by Gasteiger charge is 2.24. The molecule has 2 N–H and O–H groups in total. The van der Waals surface area contributed by atoms with Crippen LogP contribution in [0.15, 0.2) is 18.2 Å². The van der Waals surface area contributed by atoms with Crippen molar-refractivity contribution >= 4 is 17.5 Å². The molecule has 1 aliphatic rings. The molecule has 1 aliphatic carbocycles. The first-order chi connectivity index (χ1) is 9.56. The number of aliphatic hydroxyl groups is 1. The van der Waals surface area contributed by atoms with Crippen molar-refractivity contribution in [3.63, 3.8) is 0 Å². The summed E-state index contributed by atoms with van der Waals surface area (Å²) in [6, 6.07) is 5.26. The zero-order valence-corrected chi connectivity index (χ0v) is 12.3. The van der Waals surface area contributed by atoms with Gasteiger partial charge in [0, 0.05) is 0 Å². The number of aryl methyl sites for hydroxylation is 1. The number of carbonyl (C=O) groups excluding carboxylic acids is 1. The molecule has 0 spiro atoms. The molecule has 2 rings (SSSR count). The molecule has 0 bridgehead atoms. The molecule has 0 saturated heterocycles. The first-order valence-electron chi connectivity index (χ1n) is 6.92. The molecule has 4 nitrogen and oxygen atoms in total. The summed E-state index contributed by atoms with van der Waals surface area (Å²) in [5.74, 6) is 0.277. The van der Waals surface area contributed by atoms with Crippen LogP contribution >= 0.6 is 11.6 Å². The minimum absolute atomic E-state index is 0.0909. The van der Waals surface area contributed by atoms with Gasteiger partial charge in [0.25, 0.3) is 5.91 Å². The van der Waals surface area contributed by atoms with Crippen molar-refractivity contribution in [2.24, 2.45) is 0 Å². The van der Waals surface area contributed by atoms with Gasteiger partial charge in [-0.15, -0.1) is 0 Å². The fraction of sp³-hybridized carbons (Fsp3) is 0.533. The summed E-state index contributed by atoms with van der Waals surface area (Å²) in [5.41, 5.74) is 1.02. The fourth-order valence-corrected chi connectivity index (χ4v) is 2.56. The first-order valence-corrected chi connectivity index (χ1v) is 7.30. The molecule has 0 radical (unpaired) electrons. The average molecular weight is 298 g/mol.